The number of ether oxygens (including phenoxy) is 2. The van der Waals surface area contributed by atoms with Crippen molar-refractivity contribution in [1.82, 2.24) is 9.97 Å². The van der Waals surface area contributed by atoms with E-state index in [-0.39, 0.29) is 28.8 Å². The van der Waals surface area contributed by atoms with Gasteiger partial charge in [0.15, 0.2) is 11.8 Å². The Morgan fingerprint density at radius 1 is 1.06 bits per heavy atom. The molecule has 1 aromatic heterocycles. The minimum Gasteiger partial charge on any atom is -0.496 e. The summed E-state index contributed by atoms with van der Waals surface area (Å²) in [5.74, 6) is -1.31. The molecule has 1 saturated heterocycles. The van der Waals surface area contributed by atoms with Gasteiger partial charge in [-0.05, 0) is 36.4 Å². The largest absolute Gasteiger partial charge is 0.496 e. The lowest BCUT2D eigenvalue weighted by Crippen LogP contribution is -2.31. The molecule has 1 unspecified atom stereocenters. The number of hydrogen-bond donors (Lipinski definition) is 2. The van der Waals surface area contributed by atoms with Gasteiger partial charge in [0.2, 0.25) is 17.6 Å². The molecule has 2 aromatic carbocycles. The predicted octanol–water partition coefficient (Wildman–Crippen LogP) is 2.11. The lowest BCUT2D eigenvalue weighted by atomic mass is 10.1. The molecule has 4 rings (SSSR count). The number of hydrogen-bond acceptors (Lipinski definition) is 11. The van der Waals surface area contributed by atoms with Crippen LogP contribution < -0.4 is 21.1 Å². The Morgan fingerprint density at radius 3 is 2.39 bits per heavy atom. The normalized spacial score (nSPS) is 15.1. The summed E-state index contributed by atoms with van der Waals surface area (Å²) in [7, 11) is 1.44. The first kappa shape index (κ1) is 24.7. The van der Waals surface area contributed by atoms with Gasteiger partial charge in [-0.15, -0.1) is 0 Å². The Bertz CT molecular complexity index is 1330. The third-order valence-corrected chi connectivity index (χ3v) is 6.25. The third kappa shape index (κ3) is 5.28. The standard InChI is InChI=1S/C24H21N5O6S/c1-34-17-5-3-2-4-15(17)16(30)12-35-23(33)13-6-8-14(9-7-13)29-21(31)10-18(22(29)32)36-24-27-19(25)11-20(26)28-24/h2-9,11,18H,10,12H2,1H3,(H4,25,26,27,28). The molecule has 2 heterocycles. The van der Waals surface area contributed by atoms with Gasteiger partial charge in [-0.25, -0.2) is 19.7 Å². The van der Waals surface area contributed by atoms with E-state index in [0.717, 1.165) is 16.7 Å². The van der Waals surface area contributed by atoms with Crippen LogP contribution in [0.25, 0.3) is 0 Å². The maximum Gasteiger partial charge on any atom is 0.338 e. The number of aromatic nitrogens is 2. The van der Waals surface area contributed by atoms with Gasteiger partial charge in [0.1, 0.15) is 22.6 Å². The summed E-state index contributed by atoms with van der Waals surface area (Å²) in [6.45, 7) is -0.473. The monoisotopic (exact) mass is 507 g/mol. The highest BCUT2D eigenvalue weighted by Crippen LogP contribution is 2.33. The van der Waals surface area contributed by atoms with Crippen LogP contribution in [0.2, 0.25) is 0 Å². The van der Waals surface area contributed by atoms with Crippen LogP contribution in [0.1, 0.15) is 27.1 Å². The number of nitrogen functional groups attached to an aromatic ring is 2. The summed E-state index contributed by atoms with van der Waals surface area (Å²) >= 11 is 0.999. The van der Waals surface area contributed by atoms with Crippen LogP contribution >= 0.6 is 11.8 Å². The molecule has 4 N–H and O–H groups in total. The molecule has 0 radical (unpaired) electrons. The van der Waals surface area contributed by atoms with Gasteiger partial charge < -0.3 is 20.9 Å². The minimum atomic E-state index is -0.746. The van der Waals surface area contributed by atoms with E-state index in [9.17, 15) is 19.2 Å². The van der Waals surface area contributed by atoms with Crippen LogP contribution in [-0.2, 0) is 14.3 Å². The number of imide groups is 1. The first-order chi connectivity index (χ1) is 17.3. The summed E-state index contributed by atoms with van der Waals surface area (Å²) in [5.41, 5.74) is 12.1. The van der Waals surface area contributed by atoms with E-state index < -0.39 is 35.4 Å². The molecular weight excluding hydrogens is 486 g/mol. The Balaban J connectivity index is 1.39. The minimum absolute atomic E-state index is 0.0591. The Labute approximate surface area is 209 Å². The number of Topliss-reactive ketones (excluding diaryl/α,β-unsaturated/α-hetero) is 1. The van der Waals surface area contributed by atoms with Gasteiger partial charge >= 0.3 is 5.97 Å². The van der Waals surface area contributed by atoms with Crippen LogP contribution in [0.3, 0.4) is 0 Å². The zero-order chi connectivity index (χ0) is 25.8. The second kappa shape index (κ2) is 10.4. The Kier molecular flexibility index (Phi) is 7.15. The molecule has 0 bridgehead atoms. The van der Waals surface area contributed by atoms with Gasteiger partial charge in [-0.3, -0.25) is 14.4 Å². The van der Waals surface area contributed by atoms with Crippen molar-refractivity contribution in [3.05, 3.63) is 65.7 Å². The van der Waals surface area contributed by atoms with Crippen LogP contribution in [0.5, 0.6) is 5.75 Å². The molecule has 36 heavy (non-hydrogen) atoms. The molecule has 0 saturated carbocycles. The highest BCUT2D eigenvalue weighted by atomic mass is 32.2. The van der Waals surface area contributed by atoms with Crippen molar-refractivity contribution >= 4 is 52.7 Å². The molecule has 1 fully saturated rings. The predicted molar refractivity (Wildman–Crippen MR) is 132 cm³/mol. The summed E-state index contributed by atoms with van der Waals surface area (Å²) in [4.78, 5) is 59.4. The zero-order valence-electron chi connectivity index (χ0n) is 19.0. The smallest absolute Gasteiger partial charge is 0.338 e. The fourth-order valence-corrected chi connectivity index (χ4v) is 4.53. The van der Waals surface area contributed by atoms with Crippen LogP contribution in [0.15, 0.2) is 59.8 Å². The van der Waals surface area contributed by atoms with Gasteiger partial charge in [0, 0.05) is 12.5 Å². The highest BCUT2D eigenvalue weighted by Gasteiger charge is 2.40. The molecule has 0 spiro atoms. The summed E-state index contributed by atoms with van der Waals surface area (Å²) in [6.07, 6.45) is -0.0591. The second-order valence-electron chi connectivity index (χ2n) is 7.62. The molecule has 0 aliphatic carbocycles. The quantitative estimate of drug-likeness (QED) is 0.198. The van der Waals surface area contributed by atoms with E-state index in [4.69, 9.17) is 20.9 Å². The van der Waals surface area contributed by atoms with E-state index in [1.165, 1.54) is 37.4 Å². The molecule has 1 aliphatic heterocycles. The van der Waals surface area contributed by atoms with E-state index in [0.29, 0.717) is 17.0 Å². The lowest BCUT2D eigenvalue weighted by molar-refractivity contribution is -0.121. The average molecular weight is 508 g/mol. The van der Waals surface area contributed by atoms with Crippen molar-refractivity contribution in [2.75, 3.05) is 30.1 Å². The summed E-state index contributed by atoms with van der Waals surface area (Å²) in [5, 5.41) is -0.550. The maximum absolute atomic E-state index is 12.9. The lowest BCUT2D eigenvalue weighted by Gasteiger charge is -2.15. The van der Waals surface area contributed by atoms with E-state index >= 15 is 0 Å². The summed E-state index contributed by atoms with van der Waals surface area (Å²) < 4.78 is 10.3. The van der Waals surface area contributed by atoms with Crippen molar-refractivity contribution in [3.8, 4) is 5.75 Å². The number of nitrogens with two attached hydrogens (primary N) is 2. The molecular formula is C24H21N5O6S. The fourth-order valence-electron chi connectivity index (χ4n) is 3.52. The topological polar surface area (TPSA) is 168 Å². The van der Waals surface area contributed by atoms with Crippen molar-refractivity contribution in [3.63, 3.8) is 0 Å². The van der Waals surface area contributed by atoms with E-state index in [1.54, 1.807) is 24.3 Å². The number of anilines is 3. The number of rotatable bonds is 8. The van der Waals surface area contributed by atoms with Crippen molar-refractivity contribution in [2.45, 2.75) is 16.8 Å². The molecule has 184 valence electrons. The molecule has 12 heteroatoms. The third-order valence-electron chi connectivity index (χ3n) is 5.20. The Morgan fingerprint density at radius 2 is 1.72 bits per heavy atom. The van der Waals surface area contributed by atoms with Crippen LogP contribution in [0, 0.1) is 0 Å². The van der Waals surface area contributed by atoms with Crippen molar-refractivity contribution in [1.29, 1.82) is 0 Å². The number of methoxy groups -OCH3 is 1. The van der Waals surface area contributed by atoms with Gasteiger partial charge in [0.05, 0.1) is 23.9 Å². The van der Waals surface area contributed by atoms with Crippen molar-refractivity contribution < 1.29 is 28.7 Å². The highest BCUT2D eigenvalue weighted by molar-refractivity contribution is 8.00. The first-order valence-electron chi connectivity index (χ1n) is 10.6. The summed E-state index contributed by atoms with van der Waals surface area (Å²) in [6, 6.07) is 13.7. The Hall–Kier alpha value is -4.45. The first-order valence-corrected chi connectivity index (χ1v) is 11.5. The SMILES string of the molecule is COc1ccccc1C(=O)COC(=O)c1ccc(N2C(=O)CC(Sc3nc(N)cc(N)n3)C2=O)cc1. The van der Waals surface area contributed by atoms with Crippen molar-refractivity contribution in [2.24, 2.45) is 0 Å². The van der Waals surface area contributed by atoms with Crippen LogP contribution in [-0.4, -0.2) is 52.5 Å². The molecule has 11 nitrogen and oxygen atoms in total. The van der Waals surface area contributed by atoms with E-state index in [1.807, 2.05) is 0 Å². The van der Waals surface area contributed by atoms with E-state index in [2.05, 4.69) is 9.97 Å². The molecule has 1 atom stereocenters. The maximum atomic E-state index is 12.9. The van der Waals surface area contributed by atoms with Gasteiger partial charge in [-0.2, -0.15) is 0 Å². The molecule has 3 aromatic rings. The number of para-hydroxylation sites is 1. The average Bonchev–Trinajstić information content (AvgIpc) is 3.14. The number of amides is 2. The zero-order valence-corrected chi connectivity index (χ0v) is 19.9. The number of ketones is 1. The van der Waals surface area contributed by atoms with Crippen LogP contribution in [0.4, 0.5) is 17.3 Å². The van der Waals surface area contributed by atoms with Gasteiger partial charge in [-0.1, -0.05) is 23.9 Å². The molecule has 2 amide bonds. The number of carbonyl (C=O) groups excluding carboxylic acids is 4. The number of nitrogens with zero attached hydrogens (tertiary/aromatic N) is 3. The second-order valence-corrected chi connectivity index (χ2v) is 8.79. The number of benzene rings is 2. The molecule has 1 aliphatic rings. The number of thioether (sulfide) groups is 1. The number of esters is 1. The fraction of sp³-hybridized carbons (Fsp3) is 0.167. The van der Waals surface area contributed by atoms with Gasteiger partial charge in [0.25, 0.3) is 0 Å². The number of carbonyl (C=O) groups is 4.